The Morgan fingerprint density at radius 1 is 0.875 bits per heavy atom. The molecular weight excluding hydrogens is 407 g/mol. The molecule has 162 valence electrons. The molecule has 0 atom stereocenters. The van der Waals surface area contributed by atoms with E-state index < -0.39 is 17.6 Å². The van der Waals surface area contributed by atoms with Gasteiger partial charge in [-0.1, -0.05) is 29.8 Å². The molecule has 6 nitrogen and oxygen atoms in total. The van der Waals surface area contributed by atoms with Crippen LogP contribution in [0.2, 0.25) is 0 Å². The third-order valence-electron chi connectivity index (χ3n) is 5.38. The van der Waals surface area contributed by atoms with Gasteiger partial charge in [-0.2, -0.15) is 0 Å². The van der Waals surface area contributed by atoms with E-state index in [0.29, 0.717) is 17.1 Å². The number of hydrogen-bond donors (Lipinski definition) is 3. The molecule has 0 aromatic heterocycles. The molecule has 1 fully saturated rings. The molecule has 1 saturated heterocycles. The highest BCUT2D eigenvalue weighted by Crippen LogP contribution is 2.21. The van der Waals surface area contributed by atoms with Crippen LogP contribution in [0.15, 0.2) is 66.7 Å². The zero-order chi connectivity index (χ0) is 22.7. The van der Waals surface area contributed by atoms with Crippen molar-refractivity contribution in [2.45, 2.75) is 13.3 Å². The Morgan fingerprint density at radius 2 is 1.53 bits per heavy atom. The molecular formula is C25H23FN4O2. The Hall–Kier alpha value is -4.00. The topological polar surface area (TPSA) is 85.3 Å². The largest absolute Gasteiger partial charge is 0.356 e. The average molecular weight is 430 g/mol. The number of carbonyl (C=O) groups is 2. The number of likely N-dealkylation sites (tertiary alicyclic amines) is 1. The predicted molar refractivity (Wildman–Crippen MR) is 123 cm³/mol. The first kappa shape index (κ1) is 21.2. The summed E-state index contributed by atoms with van der Waals surface area (Å²) in [6.07, 6.45) is 1.08. The molecule has 3 aromatic rings. The van der Waals surface area contributed by atoms with Gasteiger partial charge < -0.3 is 15.5 Å². The second-order valence-corrected chi connectivity index (χ2v) is 7.73. The smallest absolute Gasteiger partial charge is 0.257 e. The first-order chi connectivity index (χ1) is 15.4. The normalized spacial score (nSPS) is 12.6. The van der Waals surface area contributed by atoms with Gasteiger partial charge in [-0.3, -0.25) is 15.0 Å². The number of amides is 2. The lowest BCUT2D eigenvalue weighted by Crippen LogP contribution is -2.42. The lowest BCUT2D eigenvalue weighted by molar-refractivity contribution is 0.102. The van der Waals surface area contributed by atoms with Crippen LogP contribution in [-0.4, -0.2) is 35.6 Å². The maximum Gasteiger partial charge on any atom is 0.257 e. The van der Waals surface area contributed by atoms with E-state index in [1.54, 1.807) is 36.4 Å². The van der Waals surface area contributed by atoms with Gasteiger partial charge in [-0.25, -0.2) is 4.39 Å². The highest BCUT2D eigenvalue weighted by atomic mass is 19.1. The Bertz CT molecular complexity index is 1170. The van der Waals surface area contributed by atoms with Crippen LogP contribution in [0, 0.1) is 18.2 Å². The maximum absolute atomic E-state index is 13.9. The van der Waals surface area contributed by atoms with Crippen molar-refractivity contribution in [2.75, 3.05) is 23.7 Å². The summed E-state index contributed by atoms with van der Waals surface area (Å²) in [5, 5.41) is 13.6. The molecule has 32 heavy (non-hydrogen) atoms. The molecule has 0 unspecified atom stereocenters. The van der Waals surface area contributed by atoms with Crippen LogP contribution in [-0.2, 0) is 0 Å². The van der Waals surface area contributed by atoms with Crippen molar-refractivity contribution in [1.29, 1.82) is 5.41 Å². The fraction of sp³-hybridized carbons (Fsp3) is 0.160. The second-order valence-electron chi connectivity index (χ2n) is 7.73. The van der Waals surface area contributed by atoms with Gasteiger partial charge in [0.25, 0.3) is 11.8 Å². The Morgan fingerprint density at radius 3 is 2.16 bits per heavy atom. The third-order valence-corrected chi connectivity index (χ3v) is 5.38. The van der Waals surface area contributed by atoms with E-state index >= 15 is 0 Å². The van der Waals surface area contributed by atoms with Gasteiger partial charge in [0, 0.05) is 29.9 Å². The molecule has 1 heterocycles. The van der Waals surface area contributed by atoms with Crippen LogP contribution in [0.25, 0.3) is 0 Å². The summed E-state index contributed by atoms with van der Waals surface area (Å²) >= 11 is 0. The van der Waals surface area contributed by atoms with E-state index in [-0.39, 0.29) is 11.3 Å². The standard InChI is InChI=1S/C25H23FN4O2/c1-16-3-10-20(11-4-16)28-25(32)21-15-19(26)9-12-22(21)29-24(31)18-7-5-17(6-8-18)23(27)30-13-2-14-30/h3-12,15,27H,2,13-14H2,1H3,(H,28,32)(H,29,31). The van der Waals surface area contributed by atoms with Crippen LogP contribution < -0.4 is 10.6 Å². The van der Waals surface area contributed by atoms with Gasteiger partial charge in [0.1, 0.15) is 11.7 Å². The van der Waals surface area contributed by atoms with Crippen LogP contribution in [0.4, 0.5) is 15.8 Å². The van der Waals surface area contributed by atoms with Crippen molar-refractivity contribution in [3.63, 3.8) is 0 Å². The Kier molecular flexibility index (Phi) is 5.98. The minimum Gasteiger partial charge on any atom is -0.356 e. The number of nitrogens with zero attached hydrogens (tertiary/aromatic N) is 1. The molecule has 4 rings (SSSR count). The van der Waals surface area contributed by atoms with E-state index in [9.17, 15) is 14.0 Å². The van der Waals surface area contributed by atoms with Gasteiger partial charge in [0.2, 0.25) is 0 Å². The summed E-state index contributed by atoms with van der Waals surface area (Å²) in [5.41, 5.74) is 2.96. The minimum absolute atomic E-state index is 0.0232. The highest BCUT2D eigenvalue weighted by molar-refractivity contribution is 6.12. The van der Waals surface area contributed by atoms with E-state index in [0.717, 1.165) is 36.7 Å². The Labute approximate surface area is 185 Å². The summed E-state index contributed by atoms with van der Waals surface area (Å²) in [5.74, 6) is -1.09. The summed E-state index contributed by atoms with van der Waals surface area (Å²) in [6, 6.07) is 17.6. The molecule has 1 aliphatic heterocycles. The monoisotopic (exact) mass is 430 g/mol. The summed E-state index contributed by atoms with van der Waals surface area (Å²) in [4.78, 5) is 27.5. The number of carbonyl (C=O) groups excluding carboxylic acids is 2. The van der Waals surface area contributed by atoms with Crippen LogP contribution in [0.3, 0.4) is 0 Å². The molecule has 3 aromatic carbocycles. The van der Waals surface area contributed by atoms with E-state index in [4.69, 9.17) is 5.41 Å². The maximum atomic E-state index is 13.9. The lowest BCUT2D eigenvalue weighted by Gasteiger charge is -2.33. The van der Waals surface area contributed by atoms with Gasteiger partial charge in [-0.05, 0) is 55.8 Å². The van der Waals surface area contributed by atoms with Crippen LogP contribution >= 0.6 is 0 Å². The number of aryl methyl sites for hydroxylation is 1. The number of amidine groups is 1. The highest BCUT2D eigenvalue weighted by Gasteiger charge is 2.19. The number of anilines is 2. The molecule has 7 heteroatoms. The van der Waals surface area contributed by atoms with Crippen molar-refractivity contribution in [2.24, 2.45) is 0 Å². The first-order valence-corrected chi connectivity index (χ1v) is 10.3. The van der Waals surface area contributed by atoms with Gasteiger partial charge >= 0.3 is 0 Å². The second kappa shape index (κ2) is 9.01. The number of rotatable bonds is 5. The van der Waals surface area contributed by atoms with Crippen molar-refractivity contribution < 1.29 is 14.0 Å². The fourth-order valence-corrected chi connectivity index (χ4v) is 3.35. The number of benzene rings is 3. The first-order valence-electron chi connectivity index (χ1n) is 10.3. The van der Waals surface area contributed by atoms with Crippen molar-refractivity contribution >= 4 is 29.0 Å². The van der Waals surface area contributed by atoms with E-state index in [2.05, 4.69) is 10.6 Å². The zero-order valence-electron chi connectivity index (χ0n) is 17.6. The van der Waals surface area contributed by atoms with Gasteiger partial charge in [-0.15, -0.1) is 0 Å². The van der Waals surface area contributed by atoms with Crippen LogP contribution in [0.5, 0.6) is 0 Å². The third kappa shape index (κ3) is 4.67. The summed E-state index contributed by atoms with van der Waals surface area (Å²) < 4.78 is 13.9. The number of hydrogen-bond acceptors (Lipinski definition) is 3. The molecule has 0 radical (unpaired) electrons. The van der Waals surface area contributed by atoms with Gasteiger partial charge in [0.15, 0.2) is 0 Å². The van der Waals surface area contributed by atoms with Crippen molar-refractivity contribution in [1.82, 2.24) is 4.90 Å². The number of nitrogens with one attached hydrogen (secondary N) is 3. The Balaban J connectivity index is 1.49. The quantitative estimate of drug-likeness (QED) is 0.406. The molecule has 2 amide bonds. The number of halogens is 1. The predicted octanol–water partition coefficient (Wildman–Crippen LogP) is 4.67. The molecule has 1 aliphatic rings. The molecule has 0 saturated carbocycles. The molecule has 0 bridgehead atoms. The summed E-state index contributed by atoms with van der Waals surface area (Å²) in [7, 11) is 0. The van der Waals surface area contributed by atoms with Crippen molar-refractivity contribution in [3.05, 3.63) is 94.8 Å². The average Bonchev–Trinajstić information content (AvgIpc) is 2.75. The van der Waals surface area contributed by atoms with Crippen LogP contribution in [0.1, 0.15) is 38.3 Å². The summed E-state index contributed by atoms with van der Waals surface area (Å²) in [6.45, 7) is 3.68. The van der Waals surface area contributed by atoms with E-state index in [1.165, 1.54) is 12.1 Å². The fourth-order valence-electron chi connectivity index (χ4n) is 3.35. The van der Waals surface area contributed by atoms with Crippen molar-refractivity contribution in [3.8, 4) is 0 Å². The lowest BCUT2D eigenvalue weighted by atomic mass is 10.1. The SMILES string of the molecule is Cc1ccc(NC(=O)c2cc(F)ccc2NC(=O)c2ccc(C(=N)N3CCC3)cc2)cc1. The molecule has 0 aliphatic carbocycles. The van der Waals surface area contributed by atoms with E-state index in [1.807, 2.05) is 24.0 Å². The zero-order valence-corrected chi connectivity index (χ0v) is 17.6. The van der Waals surface area contributed by atoms with Gasteiger partial charge in [0.05, 0.1) is 11.3 Å². The molecule has 3 N–H and O–H groups in total. The minimum atomic E-state index is -0.578. The molecule has 0 spiro atoms.